The highest BCUT2D eigenvalue weighted by atomic mass is 35.5. The van der Waals surface area contributed by atoms with E-state index in [-0.39, 0.29) is 18.8 Å². The largest absolute Gasteiger partial charge is 0.490 e. The second-order valence-electron chi connectivity index (χ2n) is 5.60. The van der Waals surface area contributed by atoms with E-state index in [0.29, 0.717) is 10.8 Å². The van der Waals surface area contributed by atoms with E-state index in [0.717, 1.165) is 11.3 Å². The molecule has 0 bridgehead atoms. The molecule has 2 aromatic carbocycles. The minimum absolute atomic E-state index is 0.0317. The maximum absolute atomic E-state index is 12.0. The van der Waals surface area contributed by atoms with E-state index in [4.69, 9.17) is 21.1 Å². The number of carbonyl (C=O) groups excluding carboxylic acids is 1. The fourth-order valence-electron chi connectivity index (χ4n) is 2.10. The Bertz CT molecular complexity index is 824. The number of esters is 1. The van der Waals surface area contributed by atoms with Gasteiger partial charge in [0.25, 0.3) is 0 Å². The minimum atomic E-state index is -0.682. The molecular weight excluding hydrogens is 352 g/mol. The monoisotopic (exact) mass is 370 g/mol. The van der Waals surface area contributed by atoms with Gasteiger partial charge in [-0.25, -0.2) is 4.79 Å². The van der Waals surface area contributed by atoms with Gasteiger partial charge in [0.2, 0.25) is 0 Å². The van der Waals surface area contributed by atoms with E-state index in [9.17, 15) is 10.1 Å². The first-order chi connectivity index (χ1) is 12.5. The van der Waals surface area contributed by atoms with Gasteiger partial charge in [-0.05, 0) is 42.0 Å². The van der Waals surface area contributed by atoms with Crippen molar-refractivity contribution in [2.75, 3.05) is 32.2 Å². The normalized spacial score (nSPS) is 10.8. The van der Waals surface area contributed by atoms with Crippen LogP contribution in [0.5, 0.6) is 5.75 Å². The van der Waals surface area contributed by atoms with Gasteiger partial charge in [0.15, 0.2) is 0 Å². The van der Waals surface area contributed by atoms with Crippen molar-refractivity contribution in [2.24, 2.45) is 0 Å². The number of anilines is 1. The predicted octanol–water partition coefficient (Wildman–Crippen LogP) is 3.94. The molecule has 5 nitrogen and oxygen atoms in total. The Hall–Kier alpha value is -2.97. The van der Waals surface area contributed by atoms with Crippen molar-refractivity contribution >= 4 is 29.3 Å². The summed E-state index contributed by atoms with van der Waals surface area (Å²) in [6.07, 6.45) is 1.50. The van der Waals surface area contributed by atoms with Crippen LogP contribution in [0.15, 0.2) is 54.1 Å². The van der Waals surface area contributed by atoms with Crippen molar-refractivity contribution in [3.63, 3.8) is 0 Å². The zero-order chi connectivity index (χ0) is 18.9. The van der Waals surface area contributed by atoms with Crippen molar-refractivity contribution < 1.29 is 14.3 Å². The van der Waals surface area contributed by atoms with Crippen LogP contribution in [0.1, 0.15) is 5.56 Å². The molecule has 0 saturated carbocycles. The zero-order valence-corrected chi connectivity index (χ0v) is 15.4. The van der Waals surface area contributed by atoms with Gasteiger partial charge in [-0.1, -0.05) is 29.8 Å². The summed E-state index contributed by atoms with van der Waals surface area (Å²) in [5.74, 6) is -0.0931. The number of nitrogens with zero attached hydrogens (tertiary/aromatic N) is 2. The molecule has 0 aliphatic heterocycles. The summed E-state index contributed by atoms with van der Waals surface area (Å²) in [7, 11) is 3.88. The summed E-state index contributed by atoms with van der Waals surface area (Å²) in [4.78, 5) is 14.0. The van der Waals surface area contributed by atoms with E-state index in [1.807, 2.05) is 49.3 Å². The standard InChI is InChI=1S/C20H19ClN2O3/c1-23(2)18-8-6-15(7-9-18)12-16(14-22)20(24)26-11-10-25-19-5-3-4-17(21)13-19/h3-9,12-13H,10-11H2,1-2H3/b16-12+. The molecule has 0 aliphatic rings. The van der Waals surface area contributed by atoms with Gasteiger partial charge >= 0.3 is 5.97 Å². The highest BCUT2D eigenvalue weighted by Gasteiger charge is 2.11. The molecule has 0 spiro atoms. The Balaban J connectivity index is 1.88. The predicted molar refractivity (Wildman–Crippen MR) is 102 cm³/mol. The molecule has 2 rings (SSSR count). The Morgan fingerprint density at radius 3 is 2.54 bits per heavy atom. The Morgan fingerprint density at radius 2 is 1.92 bits per heavy atom. The van der Waals surface area contributed by atoms with Crippen LogP contribution in [0.2, 0.25) is 5.02 Å². The van der Waals surface area contributed by atoms with Crippen LogP contribution >= 0.6 is 11.6 Å². The van der Waals surface area contributed by atoms with Gasteiger partial charge in [0.1, 0.15) is 30.6 Å². The lowest BCUT2D eigenvalue weighted by Gasteiger charge is -2.11. The van der Waals surface area contributed by atoms with Crippen LogP contribution in [-0.4, -0.2) is 33.3 Å². The molecule has 2 aromatic rings. The average Bonchev–Trinajstić information content (AvgIpc) is 2.63. The molecule has 0 fully saturated rings. The van der Waals surface area contributed by atoms with Crippen LogP contribution in [0.4, 0.5) is 5.69 Å². The van der Waals surface area contributed by atoms with Gasteiger partial charge in [-0.15, -0.1) is 0 Å². The molecule has 0 atom stereocenters. The summed E-state index contributed by atoms with van der Waals surface area (Å²) in [6, 6.07) is 16.3. The maximum Gasteiger partial charge on any atom is 0.349 e. The van der Waals surface area contributed by atoms with Gasteiger partial charge in [-0.2, -0.15) is 5.26 Å². The van der Waals surface area contributed by atoms with Crippen LogP contribution in [0, 0.1) is 11.3 Å². The molecule has 134 valence electrons. The van der Waals surface area contributed by atoms with Crippen molar-refractivity contribution in [3.8, 4) is 11.8 Å². The summed E-state index contributed by atoms with van der Waals surface area (Å²) >= 11 is 5.86. The molecule has 0 amide bonds. The number of nitriles is 1. The fourth-order valence-corrected chi connectivity index (χ4v) is 2.28. The molecule has 6 heteroatoms. The maximum atomic E-state index is 12.0. The van der Waals surface area contributed by atoms with E-state index in [2.05, 4.69) is 0 Å². The van der Waals surface area contributed by atoms with Crippen molar-refractivity contribution in [1.29, 1.82) is 5.26 Å². The highest BCUT2D eigenvalue weighted by Crippen LogP contribution is 2.17. The van der Waals surface area contributed by atoms with Crippen LogP contribution in [-0.2, 0) is 9.53 Å². The van der Waals surface area contributed by atoms with E-state index in [1.165, 1.54) is 6.08 Å². The summed E-state index contributed by atoms with van der Waals surface area (Å²) in [5.41, 5.74) is 1.71. The molecular formula is C20H19ClN2O3. The third kappa shape index (κ3) is 5.83. The first kappa shape index (κ1) is 19.4. The van der Waals surface area contributed by atoms with Crippen LogP contribution < -0.4 is 9.64 Å². The number of benzene rings is 2. The Labute approximate surface area is 158 Å². The van der Waals surface area contributed by atoms with Gasteiger partial charge in [0, 0.05) is 24.8 Å². The second-order valence-corrected chi connectivity index (χ2v) is 6.03. The molecule has 0 aromatic heterocycles. The average molecular weight is 371 g/mol. The molecule has 0 N–H and O–H groups in total. The van der Waals surface area contributed by atoms with Crippen molar-refractivity contribution in [2.45, 2.75) is 0 Å². The fraction of sp³-hybridized carbons (Fsp3) is 0.200. The summed E-state index contributed by atoms with van der Waals surface area (Å²) in [6.45, 7) is 0.201. The lowest BCUT2D eigenvalue weighted by molar-refractivity contribution is -0.139. The quantitative estimate of drug-likeness (QED) is 0.320. The van der Waals surface area contributed by atoms with Crippen LogP contribution in [0.3, 0.4) is 0 Å². The minimum Gasteiger partial charge on any atom is -0.490 e. The summed E-state index contributed by atoms with van der Waals surface area (Å²) < 4.78 is 10.5. The highest BCUT2D eigenvalue weighted by molar-refractivity contribution is 6.30. The lowest BCUT2D eigenvalue weighted by atomic mass is 10.1. The number of halogens is 1. The molecule has 0 heterocycles. The smallest absolute Gasteiger partial charge is 0.349 e. The van der Waals surface area contributed by atoms with Gasteiger partial charge in [-0.3, -0.25) is 0 Å². The molecule has 0 saturated heterocycles. The number of hydrogen-bond donors (Lipinski definition) is 0. The lowest BCUT2D eigenvalue weighted by Crippen LogP contribution is -2.13. The molecule has 0 radical (unpaired) electrons. The number of hydrogen-bond acceptors (Lipinski definition) is 5. The Morgan fingerprint density at radius 1 is 1.19 bits per heavy atom. The first-order valence-electron chi connectivity index (χ1n) is 7.94. The van der Waals surface area contributed by atoms with E-state index in [1.54, 1.807) is 24.3 Å². The SMILES string of the molecule is CN(C)c1ccc(/C=C(\C#N)C(=O)OCCOc2cccc(Cl)c2)cc1. The zero-order valence-electron chi connectivity index (χ0n) is 14.6. The Kier molecular flexibility index (Phi) is 7.07. The van der Waals surface area contributed by atoms with Crippen molar-refractivity contribution in [3.05, 3.63) is 64.7 Å². The topological polar surface area (TPSA) is 62.6 Å². The molecule has 0 aliphatic carbocycles. The second kappa shape index (κ2) is 9.50. The third-order valence-corrected chi connectivity index (χ3v) is 3.68. The van der Waals surface area contributed by atoms with E-state index < -0.39 is 5.97 Å². The first-order valence-corrected chi connectivity index (χ1v) is 8.32. The number of ether oxygens (including phenoxy) is 2. The molecule has 0 unspecified atom stereocenters. The number of rotatable bonds is 7. The summed E-state index contributed by atoms with van der Waals surface area (Å²) in [5, 5.41) is 9.76. The molecule has 26 heavy (non-hydrogen) atoms. The number of carbonyl (C=O) groups is 1. The van der Waals surface area contributed by atoms with Crippen molar-refractivity contribution in [1.82, 2.24) is 0 Å². The van der Waals surface area contributed by atoms with Gasteiger partial charge < -0.3 is 14.4 Å². The van der Waals surface area contributed by atoms with Crippen LogP contribution in [0.25, 0.3) is 6.08 Å². The third-order valence-electron chi connectivity index (χ3n) is 3.44. The van der Waals surface area contributed by atoms with E-state index >= 15 is 0 Å². The van der Waals surface area contributed by atoms with Gasteiger partial charge in [0.05, 0.1) is 0 Å².